The first-order valence-corrected chi connectivity index (χ1v) is 9.35. The van der Waals surface area contributed by atoms with Crippen LogP contribution in [-0.4, -0.2) is 42.1 Å². The van der Waals surface area contributed by atoms with E-state index in [2.05, 4.69) is 44.8 Å². The van der Waals surface area contributed by atoms with E-state index in [-0.39, 0.29) is 5.75 Å². The van der Waals surface area contributed by atoms with Gasteiger partial charge >= 0.3 is 0 Å². The molecule has 0 bridgehead atoms. The number of aliphatic imine (C=N–C) groups is 1. The van der Waals surface area contributed by atoms with Gasteiger partial charge in [0.2, 0.25) is 0 Å². The number of hydrogen-bond acceptors (Lipinski definition) is 3. The van der Waals surface area contributed by atoms with Crippen LogP contribution in [0.2, 0.25) is 0 Å². The number of nitrogens with zero attached hydrogens (tertiary/aromatic N) is 2. The van der Waals surface area contributed by atoms with Crippen molar-refractivity contribution >= 4 is 5.96 Å². The summed E-state index contributed by atoms with van der Waals surface area (Å²) in [6.07, 6.45) is 2.37. The predicted octanol–water partition coefficient (Wildman–Crippen LogP) is 2.86. The molecule has 1 saturated heterocycles. The first-order valence-electron chi connectivity index (χ1n) is 9.35. The fourth-order valence-corrected chi connectivity index (χ4v) is 3.43. The smallest absolute Gasteiger partial charge is 0.191 e. The maximum absolute atomic E-state index is 13.4. The summed E-state index contributed by atoms with van der Waals surface area (Å²) in [5.74, 6) is -0.254. The predicted molar refractivity (Wildman–Crippen MR) is 106 cm³/mol. The fraction of sp³-hybridized carbons (Fsp3) is 0.381. The highest BCUT2D eigenvalue weighted by molar-refractivity contribution is 5.79. The number of guanidine groups is 1. The number of hydrogen-bond donors (Lipinski definition) is 3. The zero-order chi connectivity index (χ0) is 19.1. The summed E-state index contributed by atoms with van der Waals surface area (Å²) >= 11 is 0. The second-order valence-corrected chi connectivity index (χ2v) is 6.84. The van der Waals surface area contributed by atoms with Crippen molar-refractivity contribution in [3.05, 3.63) is 65.5 Å². The molecule has 1 unspecified atom stereocenters. The Bertz CT molecular complexity index is 766. The maximum atomic E-state index is 13.4. The van der Waals surface area contributed by atoms with E-state index in [0.29, 0.717) is 18.5 Å². The molecule has 3 rings (SSSR count). The van der Waals surface area contributed by atoms with Crippen molar-refractivity contribution in [1.82, 2.24) is 15.5 Å². The summed E-state index contributed by atoms with van der Waals surface area (Å²) in [7, 11) is 1.73. The molecule has 2 aromatic carbocycles. The van der Waals surface area contributed by atoms with Gasteiger partial charge in [-0.25, -0.2) is 4.39 Å². The first kappa shape index (κ1) is 19.2. The van der Waals surface area contributed by atoms with Gasteiger partial charge in [0.1, 0.15) is 0 Å². The Kier molecular flexibility index (Phi) is 6.65. The Balaban J connectivity index is 1.48. The molecule has 2 aromatic rings. The van der Waals surface area contributed by atoms with Crippen molar-refractivity contribution in [2.24, 2.45) is 4.99 Å². The molecule has 27 heavy (non-hydrogen) atoms. The van der Waals surface area contributed by atoms with E-state index >= 15 is 0 Å². The van der Waals surface area contributed by atoms with Crippen LogP contribution in [0.25, 0.3) is 0 Å². The van der Waals surface area contributed by atoms with Gasteiger partial charge in [0.25, 0.3) is 0 Å². The van der Waals surface area contributed by atoms with Crippen molar-refractivity contribution in [3.8, 4) is 5.75 Å². The third-order valence-corrected chi connectivity index (χ3v) is 4.93. The van der Waals surface area contributed by atoms with Gasteiger partial charge in [-0.3, -0.25) is 9.89 Å². The molecule has 1 aliphatic heterocycles. The lowest BCUT2D eigenvalue weighted by Crippen LogP contribution is -2.44. The van der Waals surface area contributed by atoms with Crippen molar-refractivity contribution in [2.75, 3.05) is 20.1 Å². The van der Waals surface area contributed by atoms with E-state index in [1.165, 1.54) is 30.5 Å². The summed E-state index contributed by atoms with van der Waals surface area (Å²) in [5.41, 5.74) is 2.08. The lowest BCUT2D eigenvalue weighted by Gasteiger charge is -2.25. The monoisotopic (exact) mass is 370 g/mol. The topological polar surface area (TPSA) is 59.9 Å². The minimum absolute atomic E-state index is 0.332. The number of nitrogens with one attached hydrogen (secondary N) is 2. The number of rotatable bonds is 6. The molecule has 144 valence electrons. The van der Waals surface area contributed by atoms with E-state index in [1.54, 1.807) is 13.1 Å². The van der Waals surface area contributed by atoms with Crippen LogP contribution in [0.15, 0.2) is 53.5 Å². The zero-order valence-corrected chi connectivity index (χ0v) is 15.7. The molecule has 1 aliphatic rings. The average Bonchev–Trinajstić information content (AvgIpc) is 3.12. The standard InChI is InChI=1S/C21H27FN4O/c1-23-21(24-13-17-9-10-20(27)19(22)12-17)25-14-18-8-5-11-26(18)15-16-6-3-2-4-7-16/h2-4,6-7,9-10,12,18,27H,5,8,11,13-15H2,1H3,(H2,23,24,25). The lowest BCUT2D eigenvalue weighted by molar-refractivity contribution is 0.245. The molecular weight excluding hydrogens is 343 g/mol. The van der Waals surface area contributed by atoms with Crippen LogP contribution in [0.4, 0.5) is 4.39 Å². The quantitative estimate of drug-likeness (QED) is 0.541. The van der Waals surface area contributed by atoms with Gasteiger partial charge in [-0.2, -0.15) is 0 Å². The summed E-state index contributed by atoms with van der Waals surface area (Å²) in [6, 6.07) is 15.4. The van der Waals surface area contributed by atoms with E-state index in [9.17, 15) is 9.50 Å². The highest BCUT2D eigenvalue weighted by Crippen LogP contribution is 2.19. The van der Waals surface area contributed by atoms with E-state index in [0.717, 1.165) is 25.2 Å². The molecule has 0 saturated carbocycles. The van der Waals surface area contributed by atoms with Crippen LogP contribution in [0.3, 0.4) is 0 Å². The highest BCUT2D eigenvalue weighted by Gasteiger charge is 2.24. The third-order valence-electron chi connectivity index (χ3n) is 4.93. The molecule has 0 spiro atoms. The molecule has 0 radical (unpaired) electrons. The van der Waals surface area contributed by atoms with Gasteiger partial charge in [0.05, 0.1) is 0 Å². The Hall–Kier alpha value is -2.60. The third kappa shape index (κ3) is 5.44. The number of phenolic OH excluding ortho intramolecular Hbond substituents is 1. The highest BCUT2D eigenvalue weighted by atomic mass is 19.1. The molecule has 5 nitrogen and oxygen atoms in total. The fourth-order valence-electron chi connectivity index (χ4n) is 3.43. The van der Waals surface area contributed by atoms with Crippen LogP contribution >= 0.6 is 0 Å². The van der Waals surface area contributed by atoms with Crippen LogP contribution < -0.4 is 10.6 Å². The summed E-state index contributed by atoms with van der Waals surface area (Å²) in [4.78, 5) is 6.75. The Morgan fingerprint density at radius 1 is 1.19 bits per heavy atom. The first-order chi connectivity index (χ1) is 13.2. The Labute approximate surface area is 159 Å². The largest absolute Gasteiger partial charge is 0.505 e. The summed E-state index contributed by atoms with van der Waals surface area (Å²) in [5, 5.41) is 15.8. The van der Waals surface area contributed by atoms with Crippen LogP contribution in [0.5, 0.6) is 5.75 Å². The lowest BCUT2D eigenvalue weighted by atomic mass is 10.2. The number of halogens is 1. The number of aromatic hydroxyl groups is 1. The van der Waals surface area contributed by atoms with Gasteiger partial charge in [-0.05, 0) is 42.6 Å². The second kappa shape index (κ2) is 9.37. The van der Waals surface area contributed by atoms with Gasteiger partial charge in [-0.1, -0.05) is 36.4 Å². The minimum Gasteiger partial charge on any atom is -0.505 e. The van der Waals surface area contributed by atoms with Gasteiger partial charge in [-0.15, -0.1) is 0 Å². The normalized spacial score (nSPS) is 17.9. The number of likely N-dealkylation sites (tertiary alicyclic amines) is 1. The van der Waals surface area contributed by atoms with E-state index in [4.69, 9.17) is 0 Å². The van der Waals surface area contributed by atoms with Crippen molar-refractivity contribution in [3.63, 3.8) is 0 Å². The SMILES string of the molecule is CN=C(NCc1ccc(O)c(F)c1)NCC1CCCN1Cc1ccccc1. The minimum atomic E-state index is -0.611. The maximum Gasteiger partial charge on any atom is 0.191 e. The van der Waals surface area contributed by atoms with E-state index < -0.39 is 5.82 Å². The molecule has 1 heterocycles. The molecule has 1 atom stereocenters. The Morgan fingerprint density at radius 3 is 2.74 bits per heavy atom. The second-order valence-electron chi connectivity index (χ2n) is 6.84. The van der Waals surface area contributed by atoms with Gasteiger partial charge < -0.3 is 15.7 Å². The molecule has 6 heteroatoms. The molecule has 0 amide bonds. The molecule has 1 fully saturated rings. The number of benzene rings is 2. The summed E-state index contributed by atoms with van der Waals surface area (Å²) < 4.78 is 13.4. The molecule has 3 N–H and O–H groups in total. The number of phenols is 1. The molecular formula is C21H27FN4O. The molecule has 0 aromatic heterocycles. The van der Waals surface area contributed by atoms with Gasteiger partial charge in [0, 0.05) is 32.7 Å². The van der Waals surface area contributed by atoms with Crippen LogP contribution in [0, 0.1) is 5.82 Å². The van der Waals surface area contributed by atoms with Crippen LogP contribution in [-0.2, 0) is 13.1 Å². The molecule has 0 aliphatic carbocycles. The van der Waals surface area contributed by atoms with Crippen molar-refractivity contribution in [1.29, 1.82) is 0 Å². The van der Waals surface area contributed by atoms with Gasteiger partial charge in [0.15, 0.2) is 17.5 Å². The van der Waals surface area contributed by atoms with Crippen LogP contribution in [0.1, 0.15) is 24.0 Å². The Morgan fingerprint density at radius 2 is 2.00 bits per heavy atom. The summed E-state index contributed by atoms with van der Waals surface area (Å²) in [6.45, 7) is 3.33. The van der Waals surface area contributed by atoms with E-state index in [1.807, 2.05) is 6.07 Å². The van der Waals surface area contributed by atoms with Crippen molar-refractivity contribution < 1.29 is 9.50 Å². The zero-order valence-electron chi connectivity index (χ0n) is 15.7. The van der Waals surface area contributed by atoms with Crippen molar-refractivity contribution in [2.45, 2.75) is 32.0 Å². The average molecular weight is 370 g/mol.